The summed E-state index contributed by atoms with van der Waals surface area (Å²) in [5.74, 6) is -0.296. The first kappa shape index (κ1) is 17.8. The monoisotopic (exact) mass is 328 g/mol. The van der Waals surface area contributed by atoms with Gasteiger partial charge in [0.05, 0.1) is 12.2 Å². The molecule has 1 aromatic rings. The van der Waals surface area contributed by atoms with Crippen molar-refractivity contribution >= 4 is 12.0 Å². The van der Waals surface area contributed by atoms with Crippen LogP contribution in [0.15, 0.2) is 48.2 Å². The van der Waals surface area contributed by atoms with E-state index >= 15 is 0 Å². The highest BCUT2D eigenvalue weighted by Gasteiger charge is 2.27. The van der Waals surface area contributed by atoms with Crippen LogP contribution in [-0.2, 0) is 10.2 Å². The van der Waals surface area contributed by atoms with Crippen LogP contribution < -0.4 is 11.1 Å². The summed E-state index contributed by atoms with van der Waals surface area (Å²) in [6.45, 7) is 4.58. The van der Waals surface area contributed by atoms with Gasteiger partial charge in [-0.1, -0.05) is 44.6 Å². The zero-order chi connectivity index (χ0) is 17.6. The first-order valence-corrected chi connectivity index (χ1v) is 8.17. The van der Waals surface area contributed by atoms with Crippen LogP contribution in [0, 0.1) is 0 Å². The molecular weight excluding hydrogens is 304 g/mol. The summed E-state index contributed by atoms with van der Waals surface area (Å²) in [6.07, 6.45) is 8.31. The van der Waals surface area contributed by atoms with Crippen molar-refractivity contribution in [3.63, 3.8) is 0 Å². The van der Waals surface area contributed by atoms with E-state index in [1.807, 2.05) is 24.3 Å². The number of amides is 2. The van der Waals surface area contributed by atoms with Crippen molar-refractivity contribution in [3.05, 3.63) is 59.3 Å². The van der Waals surface area contributed by atoms with Gasteiger partial charge in [0.25, 0.3) is 0 Å². The van der Waals surface area contributed by atoms with Crippen molar-refractivity contribution in [1.82, 2.24) is 5.32 Å². The highest BCUT2D eigenvalue weighted by atomic mass is 16.5. The van der Waals surface area contributed by atoms with Gasteiger partial charge >= 0.3 is 12.0 Å². The Balaban J connectivity index is 2.07. The third-order valence-electron chi connectivity index (χ3n) is 4.11. The fourth-order valence-corrected chi connectivity index (χ4v) is 2.71. The lowest BCUT2D eigenvalue weighted by Crippen LogP contribution is -2.33. The Bertz CT molecular complexity index is 662. The minimum atomic E-state index is -0.566. The Morgan fingerprint density at radius 2 is 2.00 bits per heavy atom. The molecule has 0 saturated carbocycles. The van der Waals surface area contributed by atoms with E-state index in [0.717, 1.165) is 24.1 Å². The van der Waals surface area contributed by atoms with Gasteiger partial charge in [-0.15, -0.1) is 0 Å². The lowest BCUT2D eigenvalue weighted by atomic mass is 9.76. The number of primary amides is 1. The fourth-order valence-electron chi connectivity index (χ4n) is 2.71. The summed E-state index contributed by atoms with van der Waals surface area (Å²) >= 11 is 0. The maximum absolute atomic E-state index is 12.0. The van der Waals surface area contributed by atoms with Gasteiger partial charge in [-0.2, -0.15) is 0 Å². The van der Waals surface area contributed by atoms with Crippen LogP contribution in [0.1, 0.15) is 49.0 Å². The summed E-state index contributed by atoms with van der Waals surface area (Å²) in [7, 11) is 0. The van der Waals surface area contributed by atoms with Gasteiger partial charge < -0.3 is 15.8 Å². The van der Waals surface area contributed by atoms with Crippen LogP contribution in [0.2, 0.25) is 0 Å². The molecule has 24 heavy (non-hydrogen) atoms. The van der Waals surface area contributed by atoms with Crippen molar-refractivity contribution in [2.75, 3.05) is 6.61 Å². The maximum atomic E-state index is 12.0. The van der Waals surface area contributed by atoms with E-state index in [0.29, 0.717) is 18.6 Å². The maximum Gasteiger partial charge on any atom is 0.338 e. The SMILES string of the molecule is CCCCOC(=O)c1ccc(C2(C)C=CC=C(NC(N)=O)C2)cc1. The van der Waals surface area contributed by atoms with Gasteiger partial charge in [-0.05, 0) is 30.2 Å². The first-order valence-electron chi connectivity index (χ1n) is 8.17. The third kappa shape index (κ3) is 4.47. The molecule has 0 radical (unpaired) electrons. The minimum absolute atomic E-state index is 0.267. The van der Waals surface area contributed by atoms with E-state index in [1.165, 1.54) is 0 Å². The fraction of sp³-hybridized carbons (Fsp3) is 0.368. The molecule has 2 amide bonds. The highest BCUT2D eigenvalue weighted by Crippen LogP contribution is 2.34. The van der Waals surface area contributed by atoms with Gasteiger partial charge in [0.15, 0.2) is 0 Å². The lowest BCUT2D eigenvalue weighted by molar-refractivity contribution is 0.0499. The van der Waals surface area contributed by atoms with Crippen LogP contribution in [-0.4, -0.2) is 18.6 Å². The predicted molar refractivity (Wildman–Crippen MR) is 93.5 cm³/mol. The molecule has 1 atom stereocenters. The number of ether oxygens (including phenoxy) is 1. The molecule has 0 fully saturated rings. The molecule has 1 aliphatic carbocycles. The second-order valence-electron chi connectivity index (χ2n) is 6.20. The molecule has 5 nitrogen and oxygen atoms in total. The normalized spacial score (nSPS) is 19.5. The van der Waals surface area contributed by atoms with Gasteiger partial charge in [0.1, 0.15) is 0 Å². The number of hydrogen-bond acceptors (Lipinski definition) is 3. The Labute approximate surface area is 142 Å². The first-order chi connectivity index (χ1) is 11.4. The van der Waals surface area contributed by atoms with Crippen molar-refractivity contribution in [2.45, 2.75) is 38.5 Å². The summed E-state index contributed by atoms with van der Waals surface area (Å²) in [5.41, 5.74) is 7.30. The van der Waals surface area contributed by atoms with Gasteiger partial charge in [-0.25, -0.2) is 9.59 Å². The van der Waals surface area contributed by atoms with Crippen molar-refractivity contribution in [1.29, 1.82) is 0 Å². The van der Waals surface area contributed by atoms with E-state index in [9.17, 15) is 9.59 Å². The molecule has 3 N–H and O–H groups in total. The average molecular weight is 328 g/mol. The number of benzene rings is 1. The van der Waals surface area contributed by atoms with Crippen LogP contribution >= 0.6 is 0 Å². The highest BCUT2D eigenvalue weighted by molar-refractivity contribution is 5.89. The molecule has 0 bridgehead atoms. The molecule has 5 heteroatoms. The standard InChI is InChI=1S/C19H24N2O3/c1-3-4-12-24-17(22)14-7-9-15(10-8-14)19(2)11-5-6-16(13-19)21-18(20)23/h5-11H,3-4,12-13H2,1-2H3,(H3,20,21,23). The predicted octanol–water partition coefficient (Wildman–Crippen LogP) is 3.41. The van der Waals surface area contributed by atoms with Crippen molar-refractivity contribution < 1.29 is 14.3 Å². The summed E-state index contributed by atoms with van der Waals surface area (Å²) in [6, 6.07) is 6.84. The minimum Gasteiger partial charge on any atom is -0.462 e. The van der Waals surface area contributed by atoms with E-state index < -0.39 is 6.03 Å². The number of esters is 1. The van der Waals surface area contributed by atoms with Crippen molar-refractivity contribution in [2.24, 2.45) is 5.73 Å². The number of nitrogens with two attached hydrogens (primary N) is 1. The Kier molecular flexibility index (Phi) is 5.79. The number of carbonyl (C=O) groups excluding carboxylic acids is 2. The molecule has 0 heterocycles. The molecular formula is C19H24N2O3. The molecule has 1 aliphatic rings. The summed E-state index contributed by atoms with van der Waals surface area (Å²) < 4.78 is 5.22. The lowest BCUT2D eigenvalue weighted by Gasteiger charge is -2.30. The van der Waals surface area contributed by atoms with Crippen LogP contribution in [0.5, 0.6) is 0 Å². The van der Waals surface area contributed by atoms with E-state index in [1.54, 1.807) is 12.1 Å². The number of unbranched alkanes of at least 4 members (excludes halogenated alkanes) is 1. The zero-order valence-corrected chi connectivity index (χ0v) is 14.2. The van der Waals surface area contributed by atoms with Crippen LogP contribution in [0.25, 0.3) is 0 Å². The molecule has 2 rings (SSSR count). The van der Waals surface area contributed by atoms with Gasteiger partial charge in [-0.3, -0.25) is 0 Å². The Morgan fingerprint density at radius 1 is 1.29 bits per heavy atom. The summed E-state index contributed by atoms with van der Waals surface area (Å²) in [5, 5.41) is 2.64. The topological polar surface area (TPSA) is 81.4 Å². The largest absolute Gasteiger partial charge is 0.462 e. The van der Waals surface area contributed by atoms with Crippen molar-refractivity contribution in [3.8, 4) is 0 Å². The van der Waals surface area contributed by atoms with Crippen LogP contribution in [0.3, 0.4) is 0 Å². The van der Waals surface area contributed by atoms with E-state index in [2.05, 4.69) is 25.2 Å². The number of carbonyl (C=O) groups is 2. The van der Waals surface area contributed by atoms with Gasteiger partial charge in [0.2, 0.25) is 0 Å². The molecule has 1 aromatic carbocycles. The third-order valence-corrected chi connectivity index (χ3v) is 4.11. The average Bonchev–Trinajstić information content (AvgIpc) is 2.54. The quantitative estimate of drug-likeness (QED) is 0.620. The smallest absolute Gasteiger partial charge is 0.338 e. The number of rotatable bonds is 6. The molecule has 1 unspecified atom stereocenters. The van der Waals surface area contributed by atoms with E-state index in [-0.39, 0.29) is 11.4 Å². The van der Waals surface area contributed by atoms with Gasteiger partial charge in [0, 0.05) is 17.5 Å². The molecule has 0 saturated heterocycles. The number of nitrogens with one attached hydrogen (secondary N) is 1. The second kappa shape index (κ2) is 7.81. The molecule has 128 valence electrons. The number of urea groups is 1. The second-order valence-corrected chi connectivity index (χ2v) is 6.20. The molecule has 0 aliphatic heterocycles. The Morgan fingerprint density at radius 3 is 2.62 bits per heavy atom. The number of hydrogen-bond donors (Lipinski definition) is 2. The summed E-state index contributed by atoms with van der Waals surface area (Å²) in [4.78, 5) is 23.0. The molecule has 0 aromatic heterocycles. The Hall–Kier alpha value is -2.56. The zero-order valence-electron chi connectivity index (χ0n) is 14.2. The van der Waals surface area contributed by atoms with Crippen LogP contribution in [0.4, 0.5) is 4.79 Å². The molecule has 0 spiro atoms. The van der Waals surface area contributed by atoms with E-state index in [4.69, 9.17) is 10.5 Å². The number of allylic oxidation sites excluding steroid dienone is 4.